The van der Waals surface area contributed by atoms with Gasteiger partial charge in [-0.05, 0) is 6.92 Å². The Morgan fingerprint density at radius 2 is 2.36 bits per heavy atom. The molecule has 1 rings (SSSR count). The summed E-state index contributed by atoms with van der Waals surface area (Å²) in [4.78, 5) is 17.7. The van der Waals surface area contributed by atoms with Gasteiger partial charge in [-0.15, -0.1) is 0 Å². The third-order valence-electron chi connectivity index (χ3n) is 1.17. The first-order valence-corrected chi connectivity index (χ1v) is 2.93. The molecule has 1 aromatic heterocycles. The molecule has 0 amide bonds. The lowest BCUT2D eigenvalue weighted by Crippen LogP contribution is -2.06. The van der Waals surface area contributed by atoms with Crippen molar-refractivity contribution in [3.05, 3.63) is 17.6 Å². The molecule has 11 heavy (non-hydrogen) atoms. The molecule has 0 aliphatic rings. The molecule has 5 heteroatoms. The van der Waals surface area contributed by atoms with Crippen LogP contribution >= 0.6 is 0 Å². The summed E-state index contributed by atoms with van der Waals surface area (Å²) in [5, 5.41) is 8.50. The van der Waals surface area contributed by atoms with Crippen molar-refractivity contribution in [2.75, 3.05) is 5.73 Å². The molecule has 0 bridgehead atoms. The van der Waals surface area contributed by atoms with Crippen molar-refractivity contribution < 1.29 is 9.90 Å². The number of aromatic carboxylic acids is 1. The van der Waals surface area contributed by atoms with Crippen molar-refractivity contribution in [2.24, 2.45) is 0 Å². The summed E-state index contributed by atoms with van der Waals surface area (Å²) < 4.78 is 0. The lowest BCUT2D eigenvalue weighted by Gasteiger charge is -1.98. The fraction of sp³-hybridized carbons (Fsp3) is 0.167. The largest absolute Gasteiger partial charge is 0.477 e. The fourth-order valence-corrected chi connectivity index (χ4v) is 0.652. The van der Waals surface area contributed by atoms with Crippen molar-refractivity contribution in [1.82, 2.24) is 9.97 Å². The van der Waals surface area contributed by atoms with Gasteiger partial charge >= 0.3 is 5.97 Å². The van der Waals surface area contributed by atoms with Crippen molar-refractivity contribution in [1.29, 1.82) is 0 Å². The first-order valence-electron chi connectivity index (χ1n) is 2.93. The second-order valence-corrected chi connectivity index (χ2v) is 2.02. The molecule has 0 saturated heterocycles. The van der Waals surface area contributed by atoms with Crippen LogP contribution in [0.15, 0.2) is 6.20 Å². The number of nitrogens with zero attached hydrogens (tertiary/aromatic N) is 2. The minimum absolute atomic E-state index is 0.00463. The zero-order valence-corrected chi connectivity index (χ0v) is 5.90. The molecule has 0 radical (unpaired) electrons. The standard InChI is InChI=1S/C6H7N3O2/c1-3-8-2-4(6(10)11)5(7)9-3/h2H,1H3,(H,10,11)(H2,7,8,9). The van der Waals surface area contributed by atoms with Crippen LogP contribution in [0.2, 0.25) is 0 Å². The maximum atomic E-state index is 10.4. The van der Waals surface area contributed by atoms with E-state index in [9.17, 15) is 4.79 Å². The Morgan fingerprint density at radius 1 is 1.73 bits per heavy atom. The number of carboxylic acids is 1. The number of aryl methyl sites for hydroxylation is 1. The van der Waals surface area contributed by atoms with Gasteiger partial charge in [-0.25, -0.2) is 14.8 Å². The van der Waals surface area contributed by atoms with Gasteiger partial charge in [0.15, 0.2) is 0 Å². The van der Waals surface area contributed by atoms with Crippen LogP contribution in [0.3, 0.4) is 0 Å². The molecule has 1 aromatic rings. The Hall–Kier alpha value is -1.65. The van der Waals surface area contributed by atoms with E-state index in [4.69, 9.17) is 10.8 Å². The average Bonchev–Trinajstić information content (AvgIpc) is 1.85. The number of hydrogen-bond donors (Lipinski definition) is 2. The summed E-state index contributed by atoms with van der Waals surface area (Å²) in [6, 6.07) is 0. The molecule has 0 aromatic carbocycles. The Balaban J connectivity index is 3.20. The maximum Gasteiger partial charge on any atom is 0.341 e. The molecule has 0 unspecified atom stereocenters. The molecule has 0 spiro atoms. The highest BCUT2D eigenvalue weighted by atomic mass is 16.4. The number of aromatic nitrogens is 2. The lowest BCUT2D eigenvalue weighted by molar-refractivity contribution is 0.0697. The molecule has 0 saturated carbocycles. The smallest absolute Gasteiger partial charge is 0.341 e. The summed E-state index contributed by atoms with van der Waals surface area (Å²) in [6.45, 7) is 1.64. The molecule has 5 nitrogen and oxygen atoms in total. The number of anilines is 1. The van der Waals surface area contributed by atoms with Crippen LogP contribution in [-0.2, 0) is 0 Å². The van der Waals surface area contributed by atoms with E-state index < -0.39 is 5.97 Å². The van der Waals surface area contributed by atoms with Crippen LogP contribution < -0.4 is 5.73 Å². The van der Waals surface area contributed by atoms with Crippen LogP contribution in [0.1, 0.15) is 16.2 Å². The summed E-state index contributed by atoms with van der Waals surface area (Å²) in [7, 11) is 0. The van der Waals surface area contributed by atoms with Crippen molar-refractivity contribution in [2.45, 2.75) is 6.92 Å². The Labute approximate surface area is 62.9 Å². The van der Waals surface area contributed by atoms with Gasteiger partial charge in [0.25, 0.3) is 0 Å². The molecule has 3 N–H and O–H groups in total. The second-order valence-electron chi connectivity index (χ2n) is 2.02. The number of nitrogens with two attached hydrogens (primary N) is 1. The van der Waals surface area contributed by atoms with Gasteiger partial charge in [0.05, 0.1) is 0 Å². The summed E-state index contributed by atoms with van der Waals surface area (Å²) in [6.07, 6.45) is 1.19. The predicted molar refractivity (Wildman–Crippen MR) is 38.1 cm³/mol. The third kappa shape index (κ3) is 1.43. The van der Waals surface area contributed by atoms with Crippen LogP contribution in [0, 0.1) is 6.92 Å². The van der Waals surface area contributed by atoms with Crippen LogP contribution in [-0.4, -0.2) is 21.0 Å². The minimum Gasteiger partial charge on any atom is -0.477 e. The van der Waals surface area contributed by atoms with Crippen LogP contribution in [0.5, 0.6) is 0 Å². The molecule has 1 heterocycles. The van der Waals surface area contributed by atoms with E-state index in [0.717, 1.165) is 0 Å². The van der Waals surface area contributed by atoms with Gasteiger partial charge in [0.1, 0.15) is 17.2 Å². The normalized spacial score (nSPS) is 9.55. The molecule has 0 aliphatic carbocycles. The van der Waals surface area contributed by atoms with Crippen molar-refractivity contribution in [3.8, 4) is 0 Å². The number of hydrogen-bond acceptors (Lipinski definition) is 4. The van der Waals surface area contributed by atoms with Gasteiger partial charge in [0, 0.05) is 6.20 Å². The maximum absolute atomic E-state index is 10.4. The van der Waals surface area contributed by atoms with Gasteiger partial charge in [-0.2, -0.15) is 0 Å². The van der Waals surface area contributed by atoms with Gasteiger partial charge < -0.3 is 10.8 Å². The highest BCUT2D eigenvalue weighted by Gasteiger charge is 2.08. The number of carbonyl (C=O) groups is 1. The quantitative estimate of drug-likeness (QED) is 0.595. The Kier molecular flexibility index (Phi) is 1.72. The van der Waals surface area contributed by atoms with E-state index in [2.05, 4.69) is 9.97 Å². The fourth-order valence-electron chi connectivity index (χ4n) is 0.652. The SMILES string of the molecule is Cc1ncc(C(=O)O)c(N)n1. The number of nitrogen functional groups attached to an aromatic ring is 1. The zero-order valence-electron chi connectivity index (χ0n) is 5.90. The molecule has 0 atom stereocenters. The van der Waals surface area contributed by atoms with Crippen LogP contribution in [0.4, 0.5) is 5.82 Å². The topological polar surface area (TPSA) is 89.1 Å². The third-order valence-corrected chi connectivity index (χ3v) is 1.17. The van der Waals surface area contributed by atoms with E-state index in [1.54, 1.807) is 6.92 Å². The first-order chi connectivity index (χ1) is 5.11. The predicted octanol–water partition coefficient (Wildman–Crippen LogP) is 0.0654. The first kappa shape index (κ1) is 7.46. The minimum atomic E-state index is -1.11. The van der Waals surface area contributed by atoms with Crippen molar-refractivity contribution in [3.63, 3.8) is 0 Å². The van der Waals surface area contributed by atoms with Crippen LogP contribution in [0.25, 0.3) is 0 Å². The van der Waals surface area contributed by atoms with E-state index in [1.165, 1.54) is 6.20 Å². The molecular formula is C6H7N3O2. The lowest BCUT2D eigenvalue weighted by atomic mass is 10.3. The molecule has 58 valence electrons. The van der Waals surface area contributed by atoms with E-state index in [0.29, 0.717) is 5.82 Å². The number of carboxylic acid groups (broad SMARTS) is 1. The molecule has 0 fully saturated rings. The van der Waals surface area contributed by atoms with Crippen molar-refractivity contribution >= 4 is 11.8 Å². The second kappa shape index (κ2) is 2.53. The zero-order chi connectivity index (χ0) is 8.43. The molecule has 0 aliphatic heterocycles. The van der Waals surface area contributed by atoms with Gasteiger partial charge in [-0.1, -0.05) is 0 Å². The monoisotopic (exact) mass is 153 g/mol. The van der Waals surface area contributed by atoms with E-state index in [-0.39, 0.29) is 11.4 Å². The summed E-state index contributed by atoms with van der Waals surface area (Å²) >= 11 is 0. The van der Waals surface area contributed by atoms with E-state index in [1.807, 2.05) is 0 Å². The Bertz CT molecular complexity index is 298. The highest BCUT2D eigenvalue weighted by molar-refractivity contribution is 5.91. The Morgan fingerprint density at radius 3 is 2.82 bits per heavy atom. The van der Waals surface area contributed by atoms with Gasteiger partial charge in [-0.3, -0.25) is 0 Å². The average molecular weight is 153 g/mol. The summed E-state index contributed by atoms with van der Waals surface area (Å²) in [5.74, 6) is -0.639. The van der Waals surface area contributed by atoms with Gasteiger partial charge in [0.2, 0.25) is 0 Å². The summed E-state index contributed by atoms with van der Waals surface area (Å²) in [5.41, 5.74) is 5.23. The molecular weight excluding hydrogens is 146 g/mol. The van der Waals surface area contributed by atoms with E-state index >= 15 is 0 Å². The number of rotatable bonds is 1. The highest BCUT2D eigenvalue weighted by Crippen LogP contribution is 2.05.